The second kappa shape index (κ2) is 6.29. The van der Waals surface area contributed by atoms with Crippen molar-refractivity contribution >= 4 is 5.69 Å². The van der Waals surface area contributed by atoms with Crippen molar-refractivity contribution in [3.8, 4) is 0 Å². The van der Waals surface area contributed by atoms with Crippen molar-refractivity contribution in [3.05, 3.63) is 53.9 Å². The number of aromatic nitrogens is 1. The standard InChI is InChI=1S/C16H22N2/c1-3-4-5-14-6-8-16(9-7-14)17-12-15-10-11-18(2)13-15/h6-11,13,17H,3-5,12H2,1-2H3. The number of anilines is 1. The Morgan fingerprint density at radius 1 is 1.06 bits per heavy atom. The highest BCUT2D eigenvalue weighted by atomic mass is 14.9. The molecule has 2 nitrogen and oxygen atoms in total. The summed E-state index contributed by atoms with van der Waals surface area (Å²) < 4.78 is 2.07. The molecule has 0 radical (unpaired) electrons. The fraction of sp³-hybridized carbons (Fsp3) is 0.375. The molecule has 96 valence electrons. The van der Waals surface area contributed by atoms with Crippen molar-refractivity contribution in [2.75, 3.05) is 5.32 Å². The van der Waals surface area contributed by atoms with Crippen LogP contribution in [0.1, 0.15) is 30.9 Å². The second-order valence-corrected chi connectivity index (χ2v) is 4.84. The van der Waals surface area contributed by atoms with E-state index in [1.807, 2.05) is 7.05 Å². The molecule has 2 aromatic rings. The number of nitrogens with one attached hydrogen (secondary N) is 1. The molecule has 0 amide bonds. The number of hydrogen-bond acceptors (Lipinski definition) is 1. The Balaban J connectivity index is 1.86. The van der Waals surface area contributed by atoms with Crippen LogP contribution in [0.15, 0.2) is 42.7 Å². The highest BCUT2D eigenvalue weighted by Crippen LogP contribution is 2.13. The molecule has 0 unspecified atom stereocenters. The molecular formula is C16H22N2. The number of hydrogen-bond donors (Lipinski definition) is 1. The summed E-state index contributed by atoms with van der Waals surface area (Å²) in [5.74, 6) is 0. The van der Waals surface area contributed by atoms with Gasteiger partial charge in [0, 0.05) is 31.7 Å². The molecule has 0 saturated carbocycles. The topological polar surface area (TPSA) is 17.0 Å². The minimum atomic E-state index is 0.884. The van der Waals surface area contributed by atoms with E-state index in [0.29, 0.717) is 0 Å². The summed E-state index contributed by atoms with van der Waals surface area (Å²) >= 11 is 0. The van der Waals surface area contributed by atoms with Gasteiger partial charge in [0.05, 0.1) is 0 Å². The van der Waals surface area contributed by atoms with E-state index in [1.54, 1.807) is 0 Å². The third-order valence-electron chi connectivity index (χ3n) is 3.16. The van der Waals surface area contributed by atoms with Gasteiger partial charge in [-0.2, -0.15) is 0 Å². The van der Waals surface area contributed by atoms with E-state index in [9.17, 15) is 0 Å². The Morgan fingerprint density at radius 2 is 1.83 bits per heavy atom. The smallest absolute Gasteiger partial charge is 0.0415 e. The zero-order valence-electron chi connectivity index (χ0n) is 11.3. The first kappa shape index (κ1) is 12.7. The first-order valence-corrected chi connectivity index (χ1v) is 6.71. The number of benzene rings is 1. The SMILES string of the molecule is CCCCc1ccc(NCc2ccn(C)c2)cc1. The molecule has 2 rings (SSSR count). The summed E-state index contributed by atoms with van der Waals surface area (Å²) in [7, 11) is 2.05. The maximum Gasteiger partial charge on any atom is 0.0415 e. The molecule has 0 aliphatic carbocycles. The van der Waals surface area contributed by atoms with Gasteiger partial charge in [-0.05, 0) is 42.2 Å². The van der Waals surface area contributed by atoms with Gasteiger partial charge in [-0.3, -0.25) is 0 Å². The van der Waals surface area contributed by atoms with Gasteiger partial charge in [0.25, 0.3) is 0 Å². The van der Waals surface area contributed by atoms with E-state index in [0.717, 1.165) is 6.54 Å². The zero-order chi connectivity index (χ0) is 12.8. The van der Waals surface area contributed by atoms with E-state index in [-0.39, 0.29) is 0 Å². The minimum Gasteiger partial charge on any atom is -0.381 e. The van der Waals surface area contributed by atoms with Gasteiger partial charge in [0.15, 0.2) is 0 Å². The van der Waals surface area contributed by atoms with Crippen LogP contribution in [0.3, 0.4) is 0 Å². The lowest BCUT2D eigenvalue weighted by molar-refractivity contribution is 0.795. The summed E-state index contributed by atoms with van der Waals surface area (Å²) in [5.41, 5.74) is 3.94. The fourth-order valence-electron chi connectivity index (χ4n) is 2.04. The number of rotatable bonds is 6. The number of aryl methyl sites for hydroxylation is 2. The first-order chi connectivity index (χ1) is 8.78. The van der Waals surface area contributed by atoms with E-state index in [1.165, 1.54) is 36.1 Å². The van der Waals surface area contributed by atoms with Crippen molar-refractivity contribution in [3.63, 3.8) is 0 Å². The van der Waals surface area contributed by atoms with Crippen LogP contribution in [0.25, 0.3) is 0 Å². The van der Waals surface area contributed by atoms with Crippen LogP contribution in [0, 0.1) is 0 Å². The average Bonchev–Trinajstić information content (AvgIpc) is 2.81. The van der Waals surface area contributed by atoms with Gasteiger partial charge < -0.3 is 9.88 Å². The molecule has 0 saturated heterocycles. The first-order valence-electron chi connectivity index (χ1n) is 6.71. The van der Waals surface area contributed by atoms with Gasteiger partial charge in [0.2, 0.25) is 0 Å². The highest BCUT2D eigenvalue weighted by molar-refractivity contribution is 5.45. The summed E-state index contributed by atoms with van der Waals surface area (Å²) in [6.45, 7) is 3.12. The van der Waals surface area contributed by atoms with Crippen LogP contribution < -0.4 is 5.32 Å². The van der Waals surface area contributed by atoms with Gasteiger partial charge in [0.1, 0.15) is 0 Å². The van der Waals surface area contributed by atoms with Gasteiger partial charge >= 0.3 is 0 Å². The summed E-state index contributed by atoms with van der Waals surface area (Å²) in [6, 6.07) is 10.9. The predicted octanol–water partition coefficient (Wildman–Crippen LogP) is 3.98. The Labute approximate surface area is 110 Å². The quantitative estimate of drug-likeness (QED) is 0.810. The van der Waals surface area contributed by atoms with Crippen molar-refractivity contribution in [2.24, 2.45) is 7.05 Å². The fourth-order valence-corrected chi connectivity index (χ4v) is 2.04. The lowest BCUT2D eigenvalue weighted by Gasteiger charge is -2.06. The molecule has 1 N–H and O–H groups in total. The van der Waals surface area contributed by atoms with Gasteiger partial charge in [-0.1, -0.05) is 25.5 Å². The van der Waals surface area contributed by atoms with Crippen LogP contribution in [-0.4, -0.2) is 4.57 Å². The number of nitrogens with zero attached hydrogens (tertiary/aromatic N) is 1. The molecule has 1 heterocycles. The molecule has 18 heavy (non-hydrogen) atoms. The van der Waals surface area contributed by atoms with E-state index < -0.39 is 0 Å². The molecular weight excluding hydrogens is 220 g/mol. The zero-order valence-corrected chi connectivity index (χ0v) is 11.3. The molecule has 0 spiro atoms. The molecule has 1 aromatic heterocycles. The Bertz CT molecular complexity index is 468. The molecule has 0 bridgehead atoms. The van der Waals surface area contributed by atoms with Crippen LogP contribution in [0.2, 0.25) is 0 Å². The van der Waals surface area contributed by atoms with Crippen molar-refractivity contribution < 1.29 is 0 Å². The van der Waals surface area contributed by atoms with Gasteiger partial charge in [-0.15, -0.1) is 0 Å². The number of unbranched alkanes of at least 4 members (excludes halogenated alkanes) is 1. The van der Waals surface area contributed by atoms with Crippen LogP contribution in [0.4, 0.5) is 5.69 Å². The van der Waals surface area contributed by atoms with Crippen LogP contribution in [0.5, 0.6) is 0 Å². The Kier molecular flexibility index (Phi) is 4.46. The van der Waals surface area contributed by atoms with Crippen molar-refractivity contribution in [1.29, 1.82) is 0 Å². The second-order valence-electron chi connectivity index (χ2n) is 4.84. The predicted molar refractivity (Wildman–Crippen MR) is 77.8 cm³/mol. The van der Waals surface area contributed by atoms with E-state index in [2.05, 4.69) is 59.5 Å². The van der Waals surface area contributed by atoms with E-state index in [4.69, 9.17) is 0 Å². The van der Waals surface area contributed by atoms with Crippen molar-refractivity contribution in [2.45, 2.75) is 32.7 Å². The summed E-state index contributed by atoms with van der Waals surface area (Å²) in [6.07, 6.45) is 7.94. The largest absolute Gasteiger partial charge is 0.381 e. The maximum atomic E-state index is 3.44. The molecule has 0 fully saturated rings. The highest BCUT2D eigenvalue weighted by Gasteiger charge is 1.96. The normalized spacial score (nSPS) is 10.6. The maximum absolute atomic E-state index is 3.44. The third kappa shape index (κ3) is 3.66. The lowest BCUT2D eigenvalue weighted by Crippen LogP contribution is -1.98. The van der Waals surface area contributed by atoms with Gasteiger partial charge in [-0.25, -0.2) is 0 Å². The molecule has 1 aromatic carbocycles. The lowest BCUT2D eigenvalue weighted by atomic mass is 10.1. The Morgan fingerprint density at radius 3 is 2.44 bits per heavy atom. The molecule has 2 heteroatoms. The minimum absolute atomic E-state index is 0.884. The average molecular weight is 242 g/mol. The van der Waals surface area contributed by atoms with E-state index >= 15 is 0 Å². The summed E-state index contributed by atoms with van der Waals surface area (Å²) in [5, 5.41) is 3.44. The molecule has 0 aliphatic rings. The summed E-state index contributed by atoms with van der Waals surface area (Å²) in [4.78, 5) is 0. The molecule has 0 atom stereocenters. The monoisotopic (exact) mass is 242 g/mol. The van der Waals surface area contributed by atoms with Crippen LogP contribution >= 0.6 is 0 Å². The van der Waals surface area contributed by atoms with Crippen molar-refractivity contribution in [1.82, 2.24) is 4.57 Å². The molecule has 0 aliphatic heterocycles. The third-order valence-corrected chi connectivity index (χ3v) is 3.16. The Hall–Kier alpha value is -1.70. The van der Waals surface area contributed by atoms with Crippen LogP contribution in [-0.2, 0) is 20.0 Å².